The molecule has 0 bridgehead atoms. The molecule has 3 nitrogen and oxygen atoms in total. The number of carbonyl (C=O) groups is 1. The fourth-order valence-corrected chi connectivity index (χ4v) is 2.82. The first-order valence-corrected chi connectivity index (χ1v) is 8.24. The van der Waals surface area contributed by atoms with E-state index < -0.39 is 0 Å². The molecule has 116 valence electrons. The highest BCUT2D eigenvalue weighted by atomic mass is 16.5. The van der Waals surface area contributed by atoms with Gasteiger partial charge in [0.2, 0.25) is 0 Å². The summed E-state index contributed by atoms with van der Waals surface area (Å²) in [7, 11) is 0. The molecule has 0 aromatic heterocycles. The van der Waals surface area contributed by atoms with Crippen molar-refractivity contribution in [1.82, 2.24) is 5.32 Å². The van der Waals surface area contributed by atoms with Crippen molar-refractivity contribution in [1.29, 1.82) is 0 Å². The molecular weight excluding hydrogens is 262 g/mol. The average Bonchev–Trinajstić information content (AvgIpc) is 2.50. The lowest BCUT2D eigenvalue weighted by Crippen LogP contribution is -2.41. The van der Waals surface area contributed by atoms with Gasteiger partial charge in [-0.1, -0.05) is 33.1 Å². The minimum Gasteiger partial charge on any atom is -0.494 e. The second-order valence-corrected chi connectivity index (χ2v) is 6.07. The van der Waals surface area contributed by atoms with Crippen LogP contribution in [0.4, 0.5) is 0 Å². The van der Waals surface area contributed by atoms with Crippen LogP contribution in [0.1, 0.15) is 62.7 Å². The van der Waals surface area contributed by atoms with E-state index in [2.05, 4.69) is 19.2 Å². The molecule has 1 aliphatic carbocycles. The van der Waals surface area contributed by atoms with E-state index in [1.165, 1.54) is 19.3 Å². The van der Waals surface area contributed by atoms with E-state index in [0.717, 1.165) is 37.2 Å². The summed E-state index contributed by atoms with van der Waals surface area (Å²) >= 11 is 0. The average molecular weight is 289 g/mol. The quantitative estimate of drug-likeness (QED) is 0.798. The maximum Gasteiger partial charge on any atom is 0.251 e. The van der Waals surface area contributed by atoms with Gasteiger partial charge >= 0.3 is 0 Å². The fourth-order valence-electron chi connectivity index (χ4n) is 2.82. The van der Waals surface area contributed by atoms with Crippen molar-refractivity contribution < 1.29 is 9.53 Å². The highest BCUT2D eigenvalue weighted by Crippen LogP contribution is 2.24. The van der Waals surface area contributed by atoms with Gasteiger partial charge in [0.1, 0.15) is 5.75 Å². The maximum atomic E-state index is 12.3. The molecule has 1 aliphatic rings. The van der Waals surface area contributed by atoms with Crippen LogP contribution < -0.4 is 10.1 Å². The molecule has 0 aliphatic heterocycles. The number of hydrogen-bond donors (Lipinski definition) is 1. The number of benzene rings is 1. The lowest BCUT2D eigenvalue weighted by molar-refractivity contribution is 0.0910. The van der Waals surface area contributed by atoms with Crippen LogP contribution in [-0.2, 0) is 0 Å². The Balaban J connectivity index is 1.87. The monoisotopic (exact) mass is 289 g/mol. The molecule has 0 spiro atoms. The Labute approximate surface area is 128 Å². The van der Waals surface area contributed by atoms with E-state index >= 15 is 0 Å². The standard InChI is InChI=1S/C18H27NO2/c1-3-4-13-21-16-11-9-15(10-12-16)18(20)19-17-8-6-5-7-14(17)2/h9-12,14,17H,3-8,13H2,1-2H3,(H,19,20)/t14-,17-/m1/s1. The molecule has 1 fully saturated rings. The van der Waals surface area contributed by atoms with Gasteiger partial charge in [0.15, 0.2) is 0 Å². The molecule has 0 unspecified atom stereocenters. The van der Waals surface area contributed by atoms with E-state index in [9.17, 15) is 4.79 Å². The van der Waals surface area contributed by atoms with Crippen molar-refractivity contribution in [2.75, 3.05) is 6.61 Å². The van der Waals surface area contributed by atoms with Crippen LogP contribution in [0.25, 0.3) is 0 Å². The zero-order valence-electron chi connectivity index (χ0n) is 13.2. The molecule has 2 atom stereocenters. The summed E-state index contributed by atoms with van der Waals surface area (Å²) in [6.45, 7) is 5.11. The molecule has 2 rings (SSSR count). The lowest BCUT2D eigenvalue weighted by Gasteiger charge is -2.29. The minimum atomic E-state index is 0.0360. The Morgan fingerprint density at radius 1 is 1.24 bits per heavy atom. The van der Waals surface area contributed by atoms with E-state index in [0.29, 0.717) is 12.0 Å². The van der Waals surface area contributed by atoms with Crippen molar-refractivity contribution in [3.63, 3.8) is 0 Å². The number of rotatable bonds is 6. The molecule has 1 amide bonds. The normalized spacial score (nSPS) is 21.8. The third kappa shape index (κ3) is 4.76. The van der Waals surface area contributed by atoms with E-state index in [4.69, 9.17) is 4.74 Å². The molecule has 0 heterocycles. The highest BCUT2D eigenvalue weighted by Gasteiger charge is 2.23. The molecule has 1 aromatic carbocycles. The second kappa shape index (κ2) is 8.06. The topological polar surface area (TPSA) is 38.3 Å². The Hall–Kier alpha value is -1.51. The number of amides is 1. The Morgan fingerprint density at radius 3 is 2.62 bits per heavy atom. The zero-order valence-corrected chi connectivity index (χ0v) is 13.2. The van der Waals surface area contributed by atoms with Gasteiger partial charge in [0, 0.05) is 11.6 Å². The predicted molar refractivity (Wildman–Crippen MR) is 85.7 cm³/mol. The maximum absolute atomic E-state index is 12.3. The number of ether oxygens (including phenoxy) is 1. The van der Waals surface area contributed by atoms with Crippen LogP contribution >= 0.6 is 0 Å². The SMILES string of the molecule is CCCCOc1ccc(C(=O)N[C@@H]2CCCC[C@H]2C)cc1. The van der Waals surface area contributed by atoms with Crippen LogP contribution in [-0.4, -0.2) is 18.6 Å². The Bertz CT molecular complexity index is 441. The molecule has 3 heteroatoms. The van der Waals surface area contributed by atoms with Crippen molar-refractivity contribution in [2.45, 2.75) is 58.4 Å². The third-order valence-electron chi connectivity index (χ3n) is 4.31. The second-order valence-electron chi connectivity index (χ2n) is 6.07. The largest absolute Gasteiger partial charge is 0.494 e. The van der Waals surface area contributed by atoms with Gasteiger partial charge in [0.05, 0.1) is 6.61 Å². The van der Waals surface area contributed by atoms with Gasteiger partial charge in [0.25, 0.3) is 5.91 Å². The minimum absolute atomic E-state index is 0.0360. The summed E-state index contributed by atoms with van der Waals surface area (Å²) < 4.78 is 5.62. The summed E-state index contributed by atoms with van der Waals surface area (Å²) in [6.07, 6.45) is 7.01. The summed E-state index contributed by atoms with van der Waals surface area (Å²) in [4.78, 5) is 12.3. The van der Waals surface area contributed by atoms with Gasteiger partial charge in [-0.25, -0.2) is 0 Å². The molecule has 1 N–H and O–H groups in total. The summed E-state index contributed by atoms with van der Waals surface area (Å²) in [5, 5.41) is 3.18. The summed E-state index contributed by atoms with van der Waals surface area (Å²) in [6, 6.07) is 7.80. The van der Waals surface area contributed by atoms with Crippen LogP contribution in [0.15, 0.2) is 24.3 Å². The predicted octanol–water partition coefficient (Wildman–Crippen LogP) is 4.17. The summed E-state index contributed by atoms with van der Waals surface area (Å²) in [5.74, 6) is 1.46. The molecular formula is C18H27NO2. The Morgan fingerprint density at radius 2 is 1.95 bits per heavy atom. The van der Waals surface area contributed by atoms with Gasteiger partial charge in [-0.2, -0.15) is 0 Å². The van der Waals surface area contributed by atoms with Gasteiger partial charge < -0.3 is 10.1 Å². The van der Waals surface area contributed by atoms with Crippen LogP contribution in [0.3, 0.4) is 0 Å². The first-order valence-electron chi connectivity index (χ1n) is 8.24. The van der Waals surface area contributed by atoms with Crippen LogP contribution in [0.5, 0.6) is 5.75 Å². The van der Waals surface area contributed by atoms with Crippen molar-refractivity contribution in [3.05, 3.63) is 29.8 Å². The van der Waals surface area contributed by atoms with E-state index in [-0.39, 0.29) is 5.91 Å². The van der Waals surface area contributed by atoms with E-state index in [1.54, 1.807) is 0 Å². The lowest BCUT2D eigenvalue weighted by atomic mass is 9.86. The number of nitrogens with one attached hydrogen (secondary N) is 1. The molecule has 0 saturated heterocycles. The van der Waals surface area contributed by atoms with Gasteiger partial charge in [-0.05, 0) is 49.4 Å². The zero-order chi connectivity index (χ0) is 15.1. The third-order valence-corrected chi connectivity index (χ3v) is 4.31. The highest BCUT2D eigenvalue weighted by molar-refractivity contribution is 5.94. The van der Waals surface area contributed by atoms with Gasteiger partial charge in [-0.15, -0.1) is 0 Å². The van der Waals surface area contributed by atoms with Gasteiger partial charge in [-0.3, -0.25) is 4.79 Å². The fraction of sp³-hybridized carbons (Fsp3) is 0.611. The van der Waals surface area contributed by atoms with E-state index in [1.807, 2.05) is 24.3 Å². The number of hydrogen-bond acceptors (Lipinski definition) is 2. The van der Waals surface area contributed by atoms with Crippen LogP contribution in [0, 0.1) is 5.92 Å². The van der Waals surface area contributed by atoms with Crippen molar-refractivity contribution in [3.8, 4) is 5.75 Å². The van der Waals surface area contributed by atoms with Crippen molar-refractivity contribution in [2.24, 2.45) is 5.92 Å². The number of unbranched alkanes of at least 4 members (excludes halogenated alkanes) is 1. The first kappa shape index (κ1) is 15.9. The van der Waals surface area contributed by atoms with Crippen LogP contribution in [0.2, 0.25) is 0 Å². The number of carbonyl (C=O) groups excluding carboxylic acids is 1. The molecule has 21 heavy (non-hydrogen) atoms. The molecule has 1 saturated carbocycles. The summed E-state index contributed by atoms with van der Waals surface area (Å²) in [5.41, 5.74) is 0.718. The smallest absolute Gasteiger partial charge is 0.251 e. The molecule has 0 radical (unpaired) electrons. The Kier molecular flexibility index (Phi) is 6.09. The molecule has 1 aromatic rings. The van der Waals surface area contributed by atoms with Crippen molar-refractivity contribution >= 4 is 5.91 Å². The first-order chi connectivity index (χ1) is 10.2.